The number of nitrogens with one attached hydrogen (secondary N) is 2. The highest BCUT2D eigenvalue weighted by atomic mass is 16.5. The fourth-order valence-electron chi connectivity index (χ4n) is 2.53. The van der Waals surface area contributed by atoms with E-state index >= 15 is 0 Å². The predicted octanol–water partition coefficient (Wildman–Crippen LogP) is 0.155. The Kier molecular flexibility index (Phi) is 3.13. The van der Waals surface area contributed by atoms with Crippen molar-refractivity contribution in [3.8, 4) is 0 Å². The van der Waals surface area contributed by atoms with Gasteiger partial charge < -0.3 is 20.5 Å². The number of amides is 2. The maximum Gasteiger partial charge on any atom is 0.331 e. The molecule has 1 aromatic carbocycles. The molecule has 2 aliphatic rings. The monoisotopic (exact) mass is 290 g/mol. The number of carboxylic acids is 1. The van der Waals surface area contributed by atoms with Crippen molar-refractivity contribution in [1.82, 2.24) is 5.32 Å². The van der Waals surface area contributed by atoms with E-state index in [1.54, 1.807) is 18.2 Å². The molecule has 21 heavy (non-hydrogen) atoms. The first-order valence-electron chi connectivity index (χ1n) is 6.57. The Bertz CT molecular complexity index is 634. The van der Waals surface area contributed by atoms with Crippen molar-refractivity contribution in [3.05, 3.63) is 29.3 Å². The van der Waals surface area contributed by atoms with Crippen LogP contribution in [0.1, 0.15) is 22.3 Å². The van der Waals surface area contributed by atoms with E-state index in [0.717, 1.165) is 5.56 Å². The van der Waals surface area contributed by atoms with Crippen molar-refractivity contribution >= 4 is 23.5 Å². The smallest absolute Gasteiger partial charge is 0.331 e. The van der Waals surface area contributed by atoms with Gasteiger partial charge in [0.05, 0.1) is 13.0 Å². The van der Waals surface area contributed by atoms with Gasteiger partial charge in [0.15, 0.2) is 5.54 Å². The molecular formula is C14H14N2O5. The third kappa shape index (κ3) is 2.36. The zero-order valence-electron chi connectivity index (χ0n) is 11.1. The molecule has 1 unspecified atom stereocenters. The zero-order valence-corrected chi connectivity index (χ0v) is 11.1. The van der Waals surface area contributed by atoms with Crippen LogP contribution >= 0.6 is 0 Å². The van der Waals surface area contributed by atoms with Crippen molar-refractivity contribution in [1.29, 1.82) is 0 Å². The molecule has 0 aromatic heterocycles. The summed E-state index contributed by atoms with van der Waals surface area (Å²) >= 11 is 0. The van der Waals surface area contributed by atoms with Crippen molar-refractivity contribution in [2.24, 2.45) is 0 Å². The zero-order chi connectivity index (χ0) is 15.0. The molecule has 0 radical (unpaired) electrons. The van der Waals surface area contributed by atoms with Crippen LogP contribution in [-0.2, 0) is 20.7 Å². The van der Waals surface area contributed by atoms with E-state index in [0.29, 0.717) is 24.3 Å². The number of rotatable bonds is 3. The lowest BCUT2D eigenvalue weighted by atomic mass is 9.98. The fraction of sp³-hybridized carbons (Fsp3) is 0.357. The summed E-state index contributed by atoms with van der Waals surface area (Å²) in [6, 6.07) is 4.83. The van der Waals surface area contributed by atoms with E-state index in [4.69, 9.17) is 4.74 Å². The summed E-state index contributed by atoms with van der Waals surface area (Å²) in [7, 11) is 0. The van der Waals surface area contributed by atoms with Gasteiger partial charge in [0, 0.05) is 24.3 Å². The van der Waals surface area contributed by atoms with Crippen LogP contribution in [0, 0.1) is 0 Å². The molecule has 1 aromatic rings. The molecular weight excluding hydrogens is 276 g/mol. The standard InChI is InChI=1S/C14H14N2O5/c17-11-6-8-1-2-9(5-10(8)15-11)12(18)16-14(13(19)20)3-4-21-7-14/h1-2,5H,3-4,6-7H2,(H,15,17)(H,16,18)(H,19,20). The number of hydrogen-bond acceptors (Lipinski definition) is 4. The SMILES string of the molecule is O=C1Cc2ccc(C(=O)NC3(C(=O)O)CCOC3)cc2N1. The molecule has 0 aliphatic carbocycles. The number of hydrogen-bond donors (Lipinski definition) is 3. The molecule has 1 fully saturated rings. The number of aliphatic carboxylic acids is 1. The molecule has 2 aliphatic heterocycles. The number of ether oxygens (including phenoxy) is 1. The molecule has 0 spiro atoms. The first kappa shape index (κ1) is 13.6. The van der Waals surface area contributed by atoms with Crippen LogP contribution in [0.15, 0.2) is 18.2 Å². The highest BCUT2D eigenvalue weighted by Crippen LogP contribution is 2.25. The number of carbonyl (C=O) groups is 3. The third-order valence-corrected chi connectivity index (χ3v) is 3.78. The van der Waals surface area contributed by atoms with Crippen LogP contribution in [0.3, 0.4) is 0 Å². The fourth-order valence-corrected chi connectivity index (χ4v) is 2.53. The molecule has 3 rings (SSSR count). The van der Waals surface area contributed by atoms with Gasteiger partial charge in [-0.05, 0) is 17.7 Å². The van der Waals surface area contributed by atoms with E-state index in [9.17, 15) is 19.5 Å². The van der Waals surface area contributed by atoms with E-state index in [-0.39, 0.29) is 18.9 Å². The minimum absolute atomic E-state index is 0.0459. The summed E-state index contributed by atoms with van der Waals surface area (Å²) in [6.07, 6.45) is 0.528. The van der Waals surface area contributed by atoms with Crippen LogP contribution < -0.4 is 10.6 Å². The van der Waals surface area contributed by atoms with Gasteiger partial charge in [0.2, 0.25) is 5.91 Å². The Morgan fingerprint density at radius 2 is 2.19 bits per heavy atom. The highest BCUT2D eigenvalue weighted by molar-refractivity contribution is 6.03. The molecule has 1 atom stereocenters. The second-order valence-corrected chi connectivity index (χ2v) is 5.24. The maximum absolute atomic E-state index is 12.2. The van der Waals surface area contributed by atoms with Crippen molar-refractivity contribution in [2.45, 2.75) is 18.4 Å². The summed E-state index contributed by atoms with van der Waals surface area (Å²) in [5, 5.41) is 14.5. The van der Waals surface area contributed by atoms with Gasteiger partial charge in [-0.2, -0.15) is 0 Å². The van der Waals surface area contributed by atoms with Gasteiger partial charge in [-0.1, -0.05) is 6.07 Å². The number of fused-ring (bicyclic) bond motifs is 1. The number of benzene rings is 1. The van der Waals surface area contributed by atoms with Crippen LogP contribution in [-0.4, -0.2) is 41.6 Å². The quantitative estimate of drug-likeness (QED) is 0.735. The minimum atomic E-state index is -1.38. The van der Waals surface area contributed by atoms with Gasteiger partial charge in [0.25, 0.3) is 5.91 Å². The van der Waals surface area contributed by atoms with Gasteiger partial charge in [-0.3, -0.25) is 9.59 Å². The summed E-state index contributed by atoms with van der Waals surface area (Å²) in [4.78, 5) is 34.9. The number of carboxylic acid groups (broad SMARTS) is 1. The molecule has 0 bridgehead atoms. The second kappa shape index (κ2) is 4.85. The normalized spacial score (nSPS) is 23.5. The number of anilines is 1. The topological polar surface area (TPSA) is 105 Å². The maximum atomic E-state index is 12.2. The number of carbonyl (C=O) groups excluding carboxylic acids is 2. The summed E-state index contributed by atoms with van der Waals surface area (Å²) in [6.45, 7) is 0.253. The lowest BCUT2D eigenvalue weighted by molar-refractivity contribution is -0.144. The molecule has 0 saturated carbocycles. The van der Waals surface area contributed by atoms with Crippen molar-refractivity contribution in [2.75, 3.05) is 18.5 Å². The first-order valence-corrected chi connectivity index (χ1v) is 6.57. The van der Waals surface area contributed by atoms with E-state index < -0.39 is 17.4 Å². The molecule has 3 N–H and O–H groups in total. The molecule has 1 saturated heterocycles. The van der Waals surface area contributed by atoms with E-state index in [2.05, 4.69) is 10.6 Å². The first-order chi connectivity index (χ1) is 10.00. The Labute approximate surface area is 120 Å². The van der Waals surface area contributed by atoms with Gasteiger partial charge in [0.1, 0.15) is 0 Å². The lowest BCUT2D eigenvalue weighted by Gasteiger charge is -2.23. The Hall–Kier alpha value is -2.41. The van der Waals surface area contributed by atoms with Crippen LogP contribution in [0.5, 0.6) is 0 Å². The molecule has 2 heterocycles. The van der Waals surface area contributed by atoms with Gasteiger partial charge in [-0.25, -0.2) is 4.79 Å². The third-order valence-electron chi connectivity index (χ3n) is 3.78. The Morgan fingerprint density at radius 3 is 2.86 bits per heavy atom. The highest BCUT2D eigenvalue weighted by Gasteiger charge is 2.44. The Balaban J connectivity index is 1.81. The second-order valence-electron chi connectivity index (χ2n) is 5.24. The average Bonchev–Trinajstić information content (AvgIpc) is 3.03. The van der Waals surface area contributed by atoms with Crippen LogP contribution in [0.25, 0.3) is 0 Å². The van der Waals surface area contributed by atoms with Crippen molar-refractivity contribution < 1.29 is 24.2 Å². The summed E-state index contributed by atoms with van der Waals surface area (Å²) < 4.78 is 5.09. The molecule has 7 heteroatoms. The van der Waals surface area contributed by atoms with Crippen LogP contribution in [0.4, 0.5) is 5.69 Å². The molecule has 2 amide bonds. The minimum Gasteiger partial charge on any atom is -0.479 e. The lowest BCUT2D eigenvalue weighted by Crippen LogP contribution is -2.55. The molecule has 110 valence electrons. The predicted molar refractivity (Wildman–Crippen MR) is 72.0 cm³/mol. The molecule has 7 nitrogen and oxygen atoms in total. The van der Waals surface area contributed by atoms with Gasteiger partial charge in [-0.15, -0.1) is 0 Å². The van der Waals surface area contributed by atoms with E-state index in [1.165, 1.54) is 0 Å². The Morgan fingerprint density at radius 1 is 1.38 bits per heavy atom. The van der Waals surface area contributed by atoms with Crippen molar-refractivity contribution in [3.63, 3.8) is 0 Å². The van der Waals surface area contributed by atoms with E-state index in [1.807, 2.05) is 0 Å². The summed E-state index contributed by atoms with van der Waals surface area (Å²) in [5.74, 6) is -1.72. The van der Waals surface area contributed by atoms with Crippen LogP contribution in [0.2, 0.25) is 0 Å². The summed E-state index contributed by atoms with van der Waals surface area (Å²) in [5.41, 5.74) is 0.358. The average molecular weight is 290 g/mol. The largest absolute Gasteiger partial charge is 0.479 e. The van der Waals surface area contributed by atoms with Gasteiger partial charge >= 0.3 is 5.97 Å².